The van der Waals surface area contributed by atoms with Crippen molar-refractivity contribution in [1.29, 1.82) is 0 Å². The third kappa shape index (κ3) is 1.22. The Balaban J connectivity index is 2.63. The van der Waals surface area contributed by atoms with Crippen LogP contribution < -0.4 is 5.73 Å². The monoisotopic (exact) mass is 192 g/mol. The lowest BCUT2D eigenvalue weighted by atomic mass is 10.5. The first kappa shape index (κ1) is 8.36. The molecule has 70 valence electrons. The van der Waals surface area contributed by atoms with Gasteiger partial charge in [-0.25, -0.2) is 15.0 Å². The Bertz CT molecular complexity index is 501. The second kappa shape index (κ2) is 3.25. The van der Waals surface area contributed by atoms with Gasteiger partial charge in [0.15, 0.2) is 17.0 Å². The van der Waals surface area contributed by atoms with Crippen LogP contribution in [-0.2, 0) is 4.79 Å². The van der Waals surface area contributed by atoms with E-state index in [4.69, 9.17) is 5.73 Å². The van der Waals surface area contributed by atoms with Crippen molar-refractivity contribution >= 4 is 29.5 Å². The molecule has 0 aliphatic carbocycles. The molecule has 0 spiro atoms. The number of rotatable bonds is 2. The Labute approximate surface area is 79.1 Å². The molecule has 2 aromatic rings. The smallest absolute Gasteiger partial charge is 0.169 e. The van der Waals surface area contributed by atoms with Gasteiger partial charge in [-0.1, -0.05) is 0 Å². The maximum absolute atomic E-state index is 10.1. The summed E-state index contributed by atoms with van der Waals surface area (Å²) in [5, 5.41) is 0. The fourth-order valence-electron chi connectivity index (χ4n) is 1.11. The highest BCUT2D eigenvalue weighted by molar-refractivity contribution is 5.83. The number of allylic oxidation sites excluding steroid dienone is 1. The van der Waals surface area contributed by atoms with Crippen molar-refractivity contribution < 1.29 is 4.79 Å². The number of aromatic nitrogens is 4. The van der Waals surface area contributed by atoms with Crippen LogP contribution in [0.25, 0.3) is 17.4 Å². The predicted molar refractivity (Wildman–Crippen MR) is 51.1 cm³/mol. The number of anilines is 1. The molecule has 2 N–H and O–H groups in total. The van der Waals surface area contributed by atoms with Crippen LogP contribution >= 0.6 is 0 Å². The molecule has 0 radical (unpaired) electrons. The molecule has 6 nitrogen and oxygen atoms in total. The molecule has 0 saturated heterocycles. The van der Waals surface area contributed by atoms with E-state index in [0.717, 1.165) is 0 Å². The van der Waals surface area contributed by atoms with Crippen molar-refractivity contribution in [3.8, 4) is 0 Å². The number of nitrogens with zero attached hydrogens (tertiary/aromatic N) is 4. The zero-order valence-corrected chi connectivity index (χ0v) is 7.16. The number of fused-ring (bicyclic) bond motifs is 1. The first-order valence-corrected chi connectivity index (χ1v) is 3.88. The molecule has 0 amide bonds. The van der Waals surface area contributed by atoms with Gasteiger partial charge in [-0.15, -0.1) is 0 Å². The van der Waals surface area contributed by atoms with E-state index in [9.17, 15) is 4.79 Å². The van der Waals surface area contributed by atoms with Gasteiger partial charge in [-0.3, -0.25) is 9.36 Å². The fourth-order valence-corrected chi connectivity index (χ4v) is 1.11. The molecule has 2 rings (SSSR count). The number of hydrogen-bond acceptors (Lipinski definition) is 5. The number of carbonyl (C=O) groups excluding carboxylic acids is 1. The molecule has 0 aliphatic rings. The molecule has 2 aromatic heterocycles. The van der Waals surface area contributed by atoms with Crippen molar-refractivity contribution in [2.75, 3.05) is 5.73 Å². The molecule has 0 aliphatic heterocycles. The molecule has 0 saturated carbocycles. The van der Waals surface area contributed by atoms with E-state index in [0.29, 0.717) is 23.3 Å². The molecule has 0 aromatic carbocycles. The summed E-state index contributed by atoms with van der Waals surface area (Å²) in [6.07, 6.45) is 6.45. The van der Waals surface area contributed by atoms with Gasteiger partial charge in [0.05, 0.1) is 0 Å². The van der Waals surface area contributed by atoms with Crippen LogP contribution in [-0.4, -0.2) is 25.8 Å². The van der Waals surface area contributed by atoms with Gasteiger partial charge >= 0.3 is 0 Å². The third-order valence-electron chi connectivity index (χ3n) is 1.71. The van der Waals surface area contributed by atoms with Crippen LogP contribution in [0.5, 0.6) is 0 Å². The Kier molecular flexibility index (Phi) is 1.94. The standard InChI is InChI=1S/C8H7N5O/c9-7-6-8(11-4-10-7)13(5-12-6)2-1-3-14/h1-5H,(H2,9,10,11)/b2-1+/i5+1,9+1,12+1. The maximum atomic E-state index is 10.1. The van der Waals surface area contributed by atoms with E-state index < -0.39 is 0 Å². The minimum Gasteiger partial charge on any atom is -0.382 e. The normalized spacial score (nSPS) is 11.1. The number of hydrogen-bond donors (Lipinski definition) is 1. The van der Waals surface area contributed by atoms with Crippen LogP contribution in [0.2, 0.25) is 0 Å². The lowest BCUT2D eigenvalue weighted by Gasteiger charge is -1.94. The molecule has 0 bridgehead atoms. The number of imidazole rings is 1. The van der Waals surface area contributed by atoms with Crippen LogP contribution in [0.15, 0.2) is 18.7 Å². The minimum absolute atomic E-state index is 0.327. The lowest BCUT2D eigenvalue weighted by Crippen LogP contribution is -1.94. The molecule has 6 heteroatoms. The van der Waals surface area contributed by atoms with E-state index >= 15 is 0 Å². The van der Waals surface area contributed by atoms with Crippen molar-refractivity contribution in [3.63, 3.8) is 0 Å². The quantitative estimate of drug-likeness (QED) is 0.413. The van der Waals surface area contributed by atoms with Crippen molar-refractivity contribution in [3.05, 3.63) is 18.7 Å². The van der Waals surface area contributed by atoms with Crippen LogP contribution in [0.4, 0.5) is 5.82 Å². The number of nitrogen functional groups attached to an aromatic ring is 1. The highest BCUT2D eigenvalue weighted by Gasteiger charge is 2.04. The average Bonchev–Trinajstić information content (AvgIpc) is 2.60. The Morgan fingerprint density at radius 3 is 3.00 bits per heavy atom. The Morgan fingerprint density at radius 1 is 1.36 bits per heavy atom. The predicted octanol–water partition coefficient (Wildman–Crippen LogP) is 0.0781. The molecule has 14 heavy (non-hydrogen) atoms. The molecule has 0 unspecified atom stereocenters. The van der Waals surface area contributed by atoms with Gasteiger partial charge in [0.25, 0.3) is 0 Å². The largest absolute Gasteiger partial charge is 0.382 e. The zero-order chi connectivity index (χ0) is 9.97. The van der Waals surface area contributed by atoms with E-state index in [-0.39, 0.29) is 0 Å². The van der Waals surface area contributed by atoms with Gasteiger partial charge in [0.1, 0.15) is 18.9 Å². The zero-order valence-electron chi connectivity index (χ0n) is 7.16. The van der Waals surface area contributed by atoms with Crippen LogP contribution in [0, 0.1) is 0 Å². The first-order valence-electron chi connectivity index (χ1n) is 3.88. The molecule has 0 fully saturated rings. The minimum atomic E-state index is 0.327. The van der Waals surface area contributed by atoms with Gasteiger partial charge in [-0.2, -0.15) is 0 Å². The lowest BCUT2D eigenvalue weighted by molar-refractivity contribution is -0.104. The van der Waals surface area contributed by atoms with Crippen LogP contribution in [0.1, 0.15) is 0 Å². The Morgan fingerprint density at radius 2 is 2.21 bits per heavy atom. The average molecular weight is 192 g/mol. The number of aldehydes is 1. The van der Waals surface area contributed by atoms with Crippen molar-refractivity contribution in [1.82, 2.24) is 19.5 Å². The second-order valence-electron chi connectivity index (χ2n) is 2.56. The molecular weight excluding hydrogens is 185 g/mol. The van der Waals surface area contributed by atoms with Gasteiger partial charge in [0, 0.05) is 6.20 Å². The summed E-state index contributed by atoms with van der Waals surface area (Å²) >= 11 is 0. The second-order valence-corrected chi connectivity index (χ2v) is 2.56. The van der Waals surface area contributed by atoms with E-state index in [1.807, 2.05) is 0 Å². The molecule has 2 heterocycles. The summed E-state index contributed by atoms with van der Waals surface area (Å²) in [4.78, 5) is 21.9. The molecule has 0 atom stereocenters. The summed E-state index contributed by atoms with van der Waals surface area (Å²) < 4.78 is 1.60. The number of nitrogens with two attached hydrogens (primary N) is 1. The molecular formula is C8H7N5O. The summed E-state index contributed by atoms with van der Waals surface area (Å²) in [6, 6.07) is 0. The third-order valence-corrected chi connectivity index (χ3v) is 1.71. The van der Waals surface area contributed by atoms with E-state index in [1.54, 1.807) is 10.8 Å². The maximum Gasteiger partial charge on any atom is 0.169 e. The summed E-state index contributed by atoms with van der Waals surface area (Å²) in [7, 11) is 0. The van der Waals surface area contributed by atoms with Crippen molar-refractivity contribution in [2.45, 2.75) is 0 Å². The van der Waals surface area contributed by atoms with E-state index in [2.05, 4.69) is 15.0 Å². The van der Waals surface area contributed by atoms with Gasteiger partial charge in [-0.05, 0) is 6.08 Å². The first-order chi connectivity index (χ1) is 6.83. The van der Waals surface area contributed by atoms with Crippen LogP contribution in [0.3, 0.4) is 0 Å². The fraction of sp³-hybridized carbons (Fsp3) is 0. The topological polar surface area (TPSA) is 86.7 Å². The Hall–Kier alpha value is -2.24. The highest BCUT2D eigenvalue weighted by Crippen LogP contribution is 2.13. The summed E-state index contributed by atoms with van der Waals surface area (Å²) in [5.74, 6) is 0.327. The van der Waals surface area contributed by atoms with Gasteiger partial charge < -0.3 is 5.73 Å². The highest BCUT2D eigenvalue weighted by atomic mass is 16.1. The number of carbonyl (C=O) groups is 1. The SMILES string of the molecule is [15NH2]c1ncnc2c1[15n][13cH]n2/C=C/C=O. The van der Waals surface area contributed by atoms with Gasteiger partial charge in [0.2, 0.25) is 0 Å². The summed E-state index contributed by atoms with van der Waals surface area (Å²) in [5.41, 5.74) is 6.69. The van der Waals surface area contributed by atoms with Crippen molar-refractivity contribution in [2.24, 2.45) is 0 Å². The van der Waals surface area contributed by atoms with E-state index in [1.165, 1.54) is 18.7 Å². The summed E-state index contributed by atoms with van der Waals surface area (Å²) in [6.45, 7) is 0.